The minimum absolute atomic E-state index is 0.0105. The van der Waals surface area contributed by atoms with Crippen molar-refractivity contribution in [2.24, 2.45) is 0 Å². The van der Waals surface area contributed by atoms with Gasteiger partial charge in [-0.3, -0.25) is 9.36 Å². The van der Waals surface area contributed by atoms with Gasteiger partial charge in [0.2, 0.25) is 11.7 Å². The maximum Gasteiger partial charge on any atom is 0.233 e. The molecule has 0 bridgehead atoms. The molecule has 0 saturated heterocycles. The van der Waals surface area contributed by atoms with Gasteiger partial charge in [0.15, 0.2) is 10.9 Å². The summed E-state index contributed by atoms with van der Waals surface area (Å²) in [6, 6.07) is 11.6. The van der Waals surface area contributed by atoms with Crippen LogP contribution in [0.4, 0.5) is 0 Å². The number of thioether (sulfide) groups is 1. The standard InChI is InChI=1S/C21H22N4O2S/c1-4-12-24(13-5-2)19(26)15-28-21-23-22-20(18-11-8-14-27-18)25(21)17-10-7-6-9-16(17)3/h4-11,14H,1-2,12-13,15H2,3H3. The molecular formula is C21H22N4O2S. The fourth-order valence-electron chi connectivity index (χ4n) is 2.77. The van der Waals surface area contributed by atoms with Gasteiger partial charge in [-0.25, -0.2) is 0 Å². The Labute approximate surface area is 168 Å². The summed E-state index contributed by atoms with van der Waals surface area (Å²) in [4.78, 5) is 14.3. The van der Waals surface area contributed by atoms with Crippen LogP contribution in [0.2, 0.25) is 0 Å². The summed E-state index contributed by atoms with van der Waals surface area (Å²) in [5, 5.41) is 9.26. The van der Waals surface area contributed by atoms with Crippen molar-refractivity contribution in [2.45, 2.75) is 12.1 Å². The van der Waals surface area contributed by atoms with E-state index in [1.54, 1.807) is 23.3 Å². The van der Waals surface area contributed by atoms with Gasteiger partial charge < -0.3 is 9.32 Å². The van der Waals surface area contributed by atoms with Gasteiger partial charge in [-0.05, 0) is 30.7 Å². The first-order chi connectivity index (χ1) is 13.7. The molecule has 7 heteroatoms. The Hall–Kier alpha value is -3.06. The molecule has 6 nitrogen and oxygen atoms in total. The molecule has 144 valence electrons. The fourth-order valence-corrected chi connectivity index (χ4v) is 3.62. The highest BCUT2D eigenvalue weighted by Crippen LogP contribution is 2.29. The summed E-state index contributed by atoms with van der Waals surface area (Å²) in [7, 11) is 0. The number of hydrogen-bond acceptors (Lipinski definition) is 5. The third kappa shape index (κ3) is 4.26. The number of amides is 1. The summed E-state index contributed by atoms with van der Waals surface area (Å²) in [5.74, 6) is 1.45. The molecule has 0 aliphatic heterocycles. The molecule has 0 unspecified atom stereocenters. The molecule has 0 radical (unpaired) electrons. The summed E-state index contributed by atoms with van der Waals surface area (Å²) in [6.07, 6.45) is 5.01. The van der Waals surface area contributed by atoms with Gasteiger partial charge in [0.25, 0.3) is 0 Å². The zero-order chi connectivity index (χ0) is 19.9. The molecule has 0 saturated carbocycles. The van der Waals surface area contributed by atoms with Gasteiger partial charge >= 0.3 is 0 Å². The zero-order valence-electron chi connectivity index (χ0n) is 15.7. The monoisotopic (exact) mass is 394 g/mol. The van der Waals surface area contributed by atoms with Gasteiger partial charge in [-0.15, -0.1) is 23.4 Å². The lowest BCUT2D eigenvalue weighted by Crippen LogP contribution is -2.32. The highest BCUT2D eigenvalue weighted by atomic mass is 32.2. The van der Waals surface area contributed by atoms with Gasteiger partial charge in [0.05, 0.1) is 17.7 Å². The topological polar surface area (TPSA) is 64.2 Å². The quantitative estimate of drug-likeness (QED) is 0.403. The molecule has 1 aromatic carbocycles. The predicted octanol–water partition coefficient (Wildman–Crippen LogP) is 4.13. The molecule has 0 fully saturated rings. The van der Waals surface area contributed by atoms with E-state index in [1.165, 1.54) is 11.8 Å². The molecule has 1 amide bonds. The first-order valence-electron chi connectivity index (χ1n) is 8.83. The van der Waals surface area contributed by atoms with Crippen LogP contribution in [0.15, 0.2) is 77.5 Å². The van der Waals surface area contributed by atoms with Crippen LogP contribution in [0, 0.1) is 6.92 Å². The summed E-state index contributed by atoms with van der Waals surface area (Å²) < 4.78 is 7.46. The minimum atomic E-state index is -0.0105. The van der Waals surface area contributed by atoms with E-state index in [2.05, 4.69) is 23.4 Å². The number of carbonyl (C=O) groups excluding carboxylic acids is 1. The van der Waals surface area contributed by atoms with E-state index in [0.717, 1.165) is 11.3 Å². The smallest absolute Gasteiger partial charge is 0.233 e. The largest absolute Gasteiger partial charge is 0.461 e. The number of para-hydroxylation sites is 1. The Balaban J connectivity index is 1.91. The number of benzene rings is 1. The number of rotatable bonds is 9. The third-order valence-corrected chi connectivity index (χ3v) is 5.02. The van der Waals surface area contributed by atoms with E-state index in [-0.39, 0.29) is 11.7 Å². The van der Waals surface area contributed by atoms with Gasteiger partial charge in [0.1, 0.15) is 0 Å². The Morgan fingerprint density at radius 3 is 2.57 bits per heavy atom. The lowest BCUT2D eigenvalue weighted by atomic mass is 10.2. The van der Waals surface area contributed by atoms with Crippen molar-refractivity contribution in [3.63, 3.8) is 0 Å². The highest BCUT2D eigenvalue weighted by molar-refractivity contribution is 7.99. The van der Waals surface area contributed by atoms with Crippen molar-refractivity contribution >= 4 is 17.7 Å². The first-order valence-corrected chi connectivity index (χ1v) is 9.82. The molecular weight excluding hydrogens is 372 g/mol. The normalized spacial score (nSPS) is 10.6. The van der Waals surface area contributed by atoms with Gasteiger partial charge in [-0.1, -0.05) is 42.1 Å². The molecule has 0 aliphatic carbocycles. The first kappa shape index (κ1) is 19.7. The molecule has 0 aliphatic rings. The molecule has 0 spiro atoms. The molecule has 0 atom stereocenters. The lowest BCUT2D eigenvalue weighted by molar-refractivity contribution is -0.127. The Morgan fingerprint density at radius 2 is 1.93 bits per heavy atom. The zero-order valence-corrected chi connectivity index (χ0v) is 16.6. The molecule has 2 aromatic heterocycles. The number of aromatic nitrogens is 3. The van der Waals surface area contributed by atoms with Crippen LogP contribution in [0.25, 0.3) is 17.3 Å². The predicted molar refractivity (Wildman–Crippen MR) is 111 cm³/mol. The summed E-state index contributed by atoms with van der Waals surface area (Å²) in [6.45, 7) is 10.4. The van der Waals surface area contributed by atoms with Gasteiger partial charge in [0, 0.05) is 13.1 Å². The Morgan fingerprint density at radius 1 is 1.18 bits per heavy atom. The third-order valence-electron chi connectivity index (χ3n) is 4.11. The van der Waals surface area contributed by atoms with E-state index in [1.807, 2.05) is 47.9 Å². The second-order valence-corrected chi connectivity index (χ2v) is 7.01. The fraction of sp³-hybridized carbons (Fsp3) is 0.190. The van der Waals surface area contributed by atoms with Crippen LogP contribution in [0.1, 0.15) is 5.56 Å². The average Bonchev–Trinajstić information content (AvgIpc) is 3.36. The number of carbonyl (C=O) groups is 1. The van der Waals surface area contributed by atoms with Crippen LogP contribution in [0.3, 0.4) is 0 Å². The average molecular weight is 395 g/mol. The maximum atomic E-state index is 12.6. The molecule has 0 N–H and O–H groups in total. The second kappa shape index (κ2) is 9.23. The molecule has 3 rings (SSSR count). The van der Waals surface area contributed by atoms with E-state index in [9.17, 15) is 4.79 Å². The van der Waals surface area contributed by atoms with Crippen LogP contribution in [0.5, 0.6) is 0 Å². The van der Waals surface area contributed by atoms with E-state index >= 15 is 0 Å². The number of aryl methyl sites for hydroxylation is 1. The molecule has 3 aromatic rings. The van der Waals surface area contributed by atoms with E-state index in [0.29, 0.717) is 29.8 Å². The lowest BCUT2D eigenvalue weighted by Gasteiger charge is -2.19. The minimum Gasteiger partial charge on any atom is -0.461 e. The summed E-state index contributed by atoms with van der Waals surface area (Å²) in [5.41, 5.74) is 2.02. The molecule has 2 heterocycles. The number of nitrogens with zero attached hydrogens (tertiary/aromatic N) is 4. The highest BCUT2D eigenvalue weighted by Gasteiger charge is 2.20. The SMILES string of the molecule is C=CCN(CC=C)C(=O)CSc1nnc(-c2ccco2)n1-c1ccccc1C. The van der Waals surface area contributed by atoms with Crippen molar-refractivity contribution < 1.29 is 9.21 Å². The van der Waals surface area contributed by atoms with E-state index in [4.69, 9.17) is 4.42 Å². The van der Waals surface area contributed by atoms with Crippen molar-refractivity contribution in [3.8, 4) is 17.3 Å². The Kier molecular flexibility index (Phi) is 6.49. The van der Waals surface area contributed by atoms with Crippen molar-refractivity contribution in [1.29, 1.82) is 0 Å². The van der Waals surface area contributed by atoms with Crippen LogP contribution < -0.4 is 0 Å². The number of hydrogen-bond donors (Lipinski definition) is 0. The van der Waals surface area contributed by atoms with Crippen LogP contribution in [-0.4, -0.2) is 44.4 Å². The van der Waals surface area contributed by atoms with Crippen molar-refractivity contribution in [2.75, 3.05) is 18.8 Å². The van der Waals surface area contributed by atoms with Gasteiger partial charge in [-0.2, -0.15) is 0 Å². The second-order valence-electron chi connectivity index (χ2n) is 6.07. The van der Waals surface area contributed by atoms with Crippen LogP contribution in [-0.2, 0) is 4.79 Å². The van der Waals surface area contributed by atoms with E-state index < -0.39 is 0 Å². The maximum absolute atomic E-state index is 12.6. The molecule has 28 heavy (non-hydrogen) atoms. The number of furan rings is 1. The van der Waals surface area contributed by atoms with Crippen molar-refractivity contribution in [1.82, 2.24) is 19.7 Å². The van der Waals surface area contributed by atoms with Crippen molar-refractivity contribution in [3.05, 3.63) is 73.5 Å². The Bertz CT molecular complexity index is 953. The summed E-state index contributed by atoms with van der Waals surface area (Å²) >= 11 is 1.34. The van der Waals surface area contributed by atoms with Crippen LogP contribution >= 0.6 is 11.8 Å².